The van der Waals surface area contributed by atoms with Gasteiger partial charge in [0.2, 0.25) is 11.8 Å². The predicted octanol–water partition coefficient (Wildman–Crippen LogP) is 4.06. The monoisotopic (exact) mass is 424 g/mol. The third-order valence-electron chi connectivity index (χ3n) is 6.05. The molecule has 8 nitrogen and oxygen atoms in total. The highest BCUT2D eigenvalue weighted by molar-refractivity contribution is 5.94. The summed E-state index contributed by atoms with van der Waals surface area (Å²) < 4.78 is 5.92. The van der Waals surface area contributed by atoms with E-state index < -0.39 is 6.09 Å². The van der Waals surface area contributed by atoms with Gasteiger partial charge in [0.05, 0.1) is 12.4 Å². The lowest BCUT2D eigenvalue weighted by atomic mass is 9.75. The number of nitrogens with zero attached hydrogens (tertiary/aromatic N) is 4. The number of amides is 2. The maximum Gasteiger partial charge on any atom is 0.407 e. The molecular formula is C23H28N4O4. The highest BCUT2D eigenvalue weighted by atomic mass is 16.5. The fourth-order valence-corrected chi connectivity index (χ4v) is 4.29. The van der Waals surface area contributed by atoms with Gasteiger partial charge >= 0.3 is 6.09 Å². The van der Waals surface area contributed by atoms with E-state index in [1.807, 2.05) is 18.2 Å². The molecule has 1 fully saturated rings. The first-order valence-corrected chi connectivity index (χ1v) is 10.6. The zero-order valence-corrected chi connectivity index (χ0v) is 18.2. The van der Waals surface area contributed by atoms with E-state index in [0.717, 1.165) is 17.5 Å². The first kappa shape index (κ1) is 21.1. The van der Waals surface area contributed by atoms with Gasteiger partial charge in [-0.1, -0.05) is 26.8 Å². The molecule has 1 atom stereocenters. The Hall–Kier alpha value is -3.16. The van der Waals surface area contributed by atoms with E-state index in [2.05, 4.69) is 30.7 Å². The Morgan fingerprint density at radius 1 is 1.16 bits per heavy atom. The normalized spacial score (nSPS) is 19.2. The van der Waals surface area contributed by atoms with Crippen LogP contribution in [0.1, 0.15) is 50.7 Å². The molecule has 0 spiro atoms. The van der Waals surface area contributed by atoms with Crippen molar-refractivity contribution < 1.29 is 19.4 Å². The summed E-state index contributed by atoms with van der Waals surface area (Å²) in [5, 5.41) is 9.55. The molecule has 2 aromatic rings. The quantitative estimate of drug-likeness (QED) is 0.798. The molecule has 2 amide bonds. The number of carbonyl (C=O) groups excluding carboxylic acids is 1. The fourth-order valence-electron chi connectivity index (χ4n) is 4.29. The smallest absolute Gasteiger partial charge is 0.407 e. The summed E-state index contributed by atoms with van der Waals surface area (Å²) in [4.78, 5) is 35.3. The number of hydrogen-bond donors (Lipinski definition) is 1. The molecule has 4 rings (SSSR count). The predicted molar refractivity (Wildman–Crippen MR) is 116 cm³/mol. The minimum Gasteiger partial charge on any atom is -0.465 e. The highest BCUT2D eigenvalue weighted by Crippen LogP contribution is 2.40. The number of anilines is 1. The summed E-state index contributed by atoms with van der Waals surface area (Å²) in [6, 6.07) is 5.91. The highest BCUT2D eigenvalue weighted by Gasteiger charge is 2.33. The van der Waals surface area contributed by atoms with Crippen LogP contribution in [-0.2, 0) is 11.2 Å². The van der Waals surface area contributed by atoms with Crippen molar-refractivity contribution in [2.45, 2.75) is 46.0 Å². The summed E-state index contributed by atoms with van der Waals surface area (Å²) in [6.07, 6.45) is 4.21. The molecule has 8 heteroatoms. The molecule has 1 N–H and O–H groups in total. The lowest BCUT2D eigenvalue weighted by Gasteiger charge is -2.33. The van der Waals surface area contributed by atoms with E-state index >= 15 is 0 Å². The first-order valence-electron chi connectivity index (χ1n) is 10.6. The van der Waals surface area contributed by atoms with E-state index in [1.165, 1.54) is 11.1 Å². The third kappa shape index (κ3) is 4.47. The minimum atomic E-state index is -0.884. The van der Waals surface area contributed by atoms with Gasteiger partial charge in [0.25, 0.3) is 0 Å². The van der Waals surface area contributed by atoms with E-state index in [-0.39, 0.29) is 17.2 Å². The van der Waals surface area contributed by atoms with E-state index in [0.29, 0.717) is 49.9 Å². The zero-order valence-electron chi connectivity index (χ0n) is 18.2. The van der Waals surface area contributed by atoms with Gasteiger partial charge in [0.1, 0.15) is 5.75 Å². The SMILES string of the molecule is CC(C)(C)C1CN(C(=O)O)CCc2cc(Oc3cnc(N4CCCC4=O)cn3)ccc21. The van der Waals surface area contributed by atoms with Crippen LogP contribution in [-0.4, -0.2) is 51.6 Å². The van der Waals surface area contributed by atoms with E-state index in [1.54, 1.807) is 11.1 Å². The maximum atomic E-state index is 11.9. The third-order valence-corrected chi connectivity index (χ3v) is 6.05. The molecule has 2 aliphatic heterocycles. The number of fused-ring (bicyclic) bond motifs is 1. The van der Waals surface area contributed by atoms with Gasteiger partial charge in [-0.15, -0.1) is 0 Å². The standard InChI is InChI=1S/C23H28N4O4/c1-23(2,3)18-14-26(22(29)30)10-8-15-11-16(6-7-17(15)18)31-20-13-24-19(12-25-20)27-9-4-5-21(27)28/h6-7,11-13,18H,4-5,8-10,14H2,1-3H3,(H,29,30). The Morgan fingerprint density at radius 2 is 1.97 bits per heavy atom. The molecule has 0 saturated carbocycles. The van der Waals surface area contributed by atoms with Gasteiger partial charge in [-0.05, 0) is 41.5 Å². The van der Waals surface area contributed by atoms with Crippen LogP contribution in [0, 0.1) is 5.41 Å². The van der Waals surface area contributed by atoms with Crippen molar-refractivity contribution in [2.24, 2.45) is 5.41 Å². The molecule has 0 bridgehead atoms. The van der Waals surface area contributed by atoms with Crippen molar-refractivity contribution in [1.82, 2.24) is 14.9 Å². The summed E-state index contributed by atoms with van der Waals surface area (Å²) >= 11 is 0. The number of ether oxygens (including phenoxy) is 1. The maximum absolute atomic E-state index is 11.9. The Labute approximate surface area is 181 Å². The molecule has 0 radical (unpaired) electrons. The molecule has 31 heavy (non-hydrogen) atoms. The molecular weight excluding hydrogens is 396 g/mol. The second-order valence-electron chi connectivity index (χ2n) is 9.22. The molecule has 1 saturated heterocycles. The van der Waals surface area contributed by atoms with Crippen LogP contribution >= 0.6 is 0 Å². The summed E-state index contributed by atoms with van der Waals surface area (Å²) in [5.74, 6) is 1.68. The molecule has 2 aliphatic rings. The van der Waals surface area contributed by atoms with Crippen molar-refractivity contribution in [3.63, 3.8) is 0 Å². The summed E-state index contributed by atoms with van der Waals surface area (Å²) in [5.41, 5.74) is 2.18. The van der Waals surface area contributed by atoms with E-state index in [9.17, 15) is 14.7 Å². The Bertz CT molecular complexity index is 984. The van der Waals surface area contributed by atoms with Crippen LogP contribution in [0.15, 0.2) is 30.6 Å². The number of carboxylic acid groups (broad SMARTS) is 1. The van der Waals surface area contributed by atoms with Crippen molar-refractivity contribution in [3.05, 3.63) is 41.7 Å². The molecule has 0 aliphatic carbocycles. The number of carbonyl (C=O) groups is 2. The molecule has 1 unspecified atom stereocenters. The zero-order chi connectivity index (χ0) is 22.2. The van der Waals surface area contributed by atoms with Gasteiger partial charge in [-0.2, -0.15) is 0 Å². The summed E-state index contributed by atoms with van der Waals surface area (Å²) in [7, 11) is 0. The Balaban J connectivity index is 1.55. The Morgan fingerprint density at radius 3 is 2.58 bits per heavy atom. The van der Waals surface area contributed by atoms with Gasteiger partial charge in [0.15, 0.2) is 5.82 Å². The number of rotatable bonds is 3. The van der Waals surface area contributed by atoms with Crippen LogP contribution in [0.5, 0.6) is 11.6 Å². The minimum absolute atomic E-state index is 0.0672. The first-order chi connectivity index (χ1) is 14.7. The van der Waals surface area contributed by atoms with Crippen molar-refractivity contribution in [2.75, 3.05) is 24.5 Å². The lowest BCUT2D eigenvalue weighted by Crippen LogP contribution is -2.36. The summed E-state index contributed by atoms with van der Waals surface area (Å²) in [6.45, 7) is 8.02. The average molecular weight is 425 g/mol. The van der Waals surface area contributed by atoms with Crippen LogP contribution < -0.4 is 9.64 Å². The van der Waals surface area contributed by atoms with Crippen LogP contribution in [0.2, 0.25) is 0 Å². The topological polar surface area (TPSA) is 95.9 Å². The largest absolute Gasteiger partial charge is 0.465 e. The van der Waals surface area contributed by atoms with Gasteiger partial charge in [-0.25, -0.2) is 14.8 Å². The molecule has 164 valence electrons. The van der Waals surface area contributed by atoms with Crippen molar-refractivity contribution >= 4 is 17.8 Å². The van der Waals surface area contributed by atoms with Crippen LogP contribution in [0.3, 0.4) is 0 Å². The second-order valence-corrected chi connectivity index (χ2v) is 9.22. The number of hydrogen-bond acceptors (Lipinski definition) is 5. The van der Waals surface area contributed by atoms with Crippen LogP contribution in [0.4, 0.5) is 10.6 Å². The van der Waals surface area contributed by atoms with Gasteiger partial charge < -0.3 is 14.7 Å². The van der Waals surface area contributed by atoms with Gasteiger partial charge in [-0.3, -0.25) is 9.69 Å². The molecule has 1 aromatic carbocycles. The van der Waals surface area contributed by atoms with Gasteiger partial charge in [0, 0.05) is 32.0 Å². The molecule has 3 heterocycles. The van der Waals surface area contributed by atoms with Crippen LogP contribution in [0.25, 0.3) is 0 Å². The van der Waals surface area contributed by atoms with Crippen molar-refractivity contribution in [3.8, 4) is 11.6 Å². The number of aromatic nitrogens is 2. The lowest BCUT2D eigenvalue weighted by molar-refractivity contribution is -0.117. The second kappa shape index (κ2) is 8.17. The number of benzene rings is 1. The van der Waals surface area contributed by atoms with Crippen molar-refractivity contribution in [1.29, 1.82) is 0 Å². The Kier molecular flexibility index (Phi) is 5.56. The van der Waals surface area contributed by atoms with E-state index in [4.69, 9.17) is 4.74 Å². The average Bonchev–Trinajstić information content (AvgIpc) is 3.03. The molecule has 1 aromatic heterocycles. The fraction of sp³-hybridized carbons (Fsp3) is 0.478.